The molecule has 21 heavy (non-hydrogen) atoms. The Morgan fingerprint density at radius 1 is 1.33 bits per heavy atom. The van der Waals surface area contributed by atoms with E-state index in [0.717, 1.165) is 16.1 Å². The summed E-state index contributed by atoms with van der Waals surface area (Å²) >= 11 is 1.46. The smallest absolute Gasteiger partial charge is 0.258 e. The number of nitrogens with zero attached hydrogens (tertiary/aromatic N) is 1. The Bertz CT molecular complexity index is 722. The highest BCUT2D eigenvalue weighted by atomic mass is 32.1. The number of carbonyl (C=O) groups excluding carboxylic acids is 1. The first kappa shape index (κ1) is 15.3. The third-order valence-corrected chi connectivity index (χ3v) is 4.02. The van der Waals surface area contributed by atoms with Crippen molar-refractivity contribution >= 4 is 22.9 Å². The van der Waals surface area contributed by atoms with Gasteiger partial charge in [0.15, 0.2) is 0 Å². The number of amides is 1. The van der Waals surface area contributed by atoms with E-state index in [1.54, 1.807) is 11.9 Å². The van der Waals surface area contributed by atoms with E-state index in [1.807, 2.05) is 37.4 Å². The number of carbonyl (C=O) groups is 1. The second-order valence-electron chi connectivity index (χ2n) is 4.86. The van der Waals surface area contributed by atoms with Gasteiger partial charge in [0, 0.05) is 18.1 Å². The topological polar surface area (TPSA) is 46.3 Å². The van der Waals surface area contributed by atoms with Crippen LogP contribution >= 0.6 is 11.3 Å². The second kappa shape index (κ2) is 6.57. The highest BCUT2D eigenvalue weighted by Gasteiger charge is 2.16. The zero-order valence-corrected chi connectivity index (χ0v) is 13.3. The average molecular weight is 298 g/mol. The van der Waals surface area contributed by atoms with Gasteiger partial charge in [-0.25, -0.2) is 0 Å². The minimum absolute atomic E-state index is 0.0287. The lowest BCUT2D eigenvalue weighted by Gasteiger charge is -2.19. The maximum absolute atomic E-state index is 12.5. The minimum atomic E-state index is -0.0287. The molecular weight excluding hydrogens is 280 g/mol. The van der Waals surface area contributed by atoms with Crippen molar-refractivity contribution in [1.82, 2.24) is 0 Å². The van der Waals surface area contributed by atoms with Crippen molar-refractivity contribution in [3.05, 3.63) is 51.2 Å². The van der Waals surface area contributed by atoms with E-state index in [9.17, 15) is 4.79 Å². The van der Waals surface area contributed by atoms with Crippen molar-refractivity contribution in [3.8, 4) is 11.8 Å². The van der Waals surface area contributed by atoms with Crippen molar-refractivity contribution < 1.29 is 4.79 Å². The van der Waals surface area contributed by atoms with E-state index < -0.39 is 0 Å². The SMILES string of the molecule is Cc1ccc(N(C)C(=O)c2csc(C#CCN)c2)c(C)c1. The number of anilines is 1. The monoisotopic (exact) mass is 298 g/mol. The molecule has 0 aliphatic rings. The van der Waals surface area contributed by atoms with Gasteiger partial charge in [0.1, 0.15) is 0 Å². The van der Waals surface area contributed by atoms with Gasteiger partial charge in [0.25, 0.3) is 5.91 Å². The summed E-state index contributed by atoms with van der Waals surface area (Å²) in [5.41, 5.74) is 9.21. The zero-order valence-electron chi connectivity index (χ0n) is 12.4. The van der Waals surface area contributed by atoms with Gasteiger partial charge in [-0.05, 0) is 31.5 Å². The van der Waals surface area contributed by atoms with Crippen molar-refractivity contribution in [3.63, 3.8) is 0 Å². The van der Waals surface area contributed by atoms with Gasteiger partial charge >= 0.3 is 0 Å². The lowest BCUT2D eigenvalue weighted by Crippen LogP contribution is -2.26. The first-order valence-corrected chi connectivity index (χ1v) is 7.53. The normalized spacial score (nSPS) is 9.90. The van der Waals surface area contributed by atoms with Gasteiger partial charge in [0.05, 0.1) is 17.0 Å². The Kier molecular flexibility index (Phi) is 4.79. The Balaban J connectivity index is 2.24. The van der Waals surface area contributed by atoms with Gasteiger partial charge in [0.2, 0.25) is 0 Å². The van der Waals surface area contributed by atoms with Crippen LogP contribution in [0, 0.1) is 25.7 Å². The maximum atomic E-state index is 12.5. The maximum Gasteiger partial charge on any atom is 0.258 e. The summed E-state index contributed by atoms with van der Waals surface area (Å²) in [4.78, 5) is 15.1. The van der Waals surface area contributed by atoms with E-state index in [-0.39, 0.29) is 5.91 Å². The molecule has 4 heteroatoms. The molecule has 0 saturated heterocycles. The van der Waals surface area contributed by atoms with Crippen LogP contribution in [-0.2, 0) is 0 Å². The van der Waals surface area contributed by atoms with E-state index in [4.69, 9.17) is 5.73 Å². The Labute approximate surface area is 129 Å². The molecule has 2 aromatic rings. The highest BCUT2D eigenvalue weighted by molar-refractivity contribution is 7.10. The largest absolute Gasteiger partial charge is 0.320 e. The van der Waals surface area contributed by atoms with Crippen LogP contribution in [0.2, 0.25) is 0 Å². The molecule has 0 bridgehead atoms. The molecule has 0 fully saturated rings. The van der Waals surface area contributed by atoms with Crippen LogP contribution in [-0.4, -0.2) is 19.5 Å². The minimum Gasteiger partial charge on any atom is -0.320 e. The average Bonchev–Trinajstić information content (AvgIpc) is 2.92. The molecular formula is C17H18N2OS. The van der Waals surface area contributed by atoms with Crippen molar-refractivity contribution in [2.45, 2.75) is 13.8 Å². The van der Waals surface area contributed by atoms with Crippen LogP contribution in [0.25, 0.3) is 0 Å². The number of nitrogens with two attached hydrogens (primary N) is 1. The molecule has 108 valence electrons. The molecule has 0 saturated carbocycles. The van der Waals surface area contributed by atoms with Crippen LogP contribution in [0.15, 0.2) is 29.6 Å². The van der Waals surface area contributed by atoms with Gasteiger partial charge in [-0.1, -0.05) is 29.5 Å². The van der Waals surface area contributed by atoms with Crippen LogP contribution in [0.4, 0.5) is 5.69 Å². The molecule has 1 amide bonds. The summed E-state index contributed by atoms with van der Waals surface area (Å²) in [5.74, 6) is 5.72. The fraction of sp³-hybridized carbons (Fsp3) is 0.235. The lowest BCUT2D eigenvalue weighted by atomic mass is 10.1. The van der Waals surface area contributed by atoms with Crippen molar-refractivity contribution in [2.24, 2.45) is 5.73 Å². The standard InChI is InChI=1S/C17H18N2OS/c1-12-6-7-16(13(2)9-12)19(3)17(20)14-10-15(21-11-14)5-4-8-18/h6-7,9-11H,8,18H2,1-3H3. The molecule has 3 nitrogen and oxygen atoms in total. The number of aryl methyl sites for hydroxylation is 2. The van der Waals surface area contributed by atoms with E-state index in [2.05, 4.69) is 17.9 Å². The molecule has 1 aromatic heterocycles. The summed E-state index contributed by atoms with van der Waals surface area (Å²) in [6.07, 6.45) is 0. The number of hydrogen-bond acceptors (Lipinski definition) is 3. The van der Waals surface area contributed by atoms with E-state index in [0.29, 0.717) is 12.1 Å². The summed E-state index contributed by atoms with van der Waals surface area (Å²) < 4.78 is 0. The zero-order chi connectivity index (χ0) is 15.4. The molecule has 0 unspecified atom stereocenters. The molecule has 0 atom stereocenters. The molecule has 2 rings (SSSR count). The molecule has 1 heterocycles. The predicted octanol–water partition coefficient (Wildman–Crippen LogP) is 2.95. The number of thiophene rings is 1. The van der Waals surface area contributed by atoms with Crippen LogP contribution in [0.5, 0.6) is 0 Å². The molecule has 0 aliphatic carbocycles. The quantitative estimate of drug-likeness (QED) is 0.867. The Morgan fingerprint density at radius 2 is 2.10 bits per heavy atom. The summed E-state index contributed by atoms with van der Waals surface area (Å²) in [7, 11) is 1.79. The Morgan fingerprint density at radius 3 is 2.76 bits per heavy atom. The number of benzene rings is 1. The van der Waals surface area contributed by atoms with Crippen LogP contribution in [0.3, 0.4) is 0 Å². The molecule has 2 N–H and O–H groups in total. The molecule has 0 radical (unpaired) electrons. The fourth-order valence-electron chi connectivity index (χ4n) is 2.14. The van der Waals surface area contributed by atoms with Gasteiger partial charge in [-0.2, -0.15) is 0 Å². The van der Waals surface area contributed by atoms with Crippen LogP contribution in [0.1, 0.15) is 26.4 Å². The van der Waals surface area contributed by atoms with Gasteiger partial charge in [-0.3, -0.25) is 4.79 Å². The fourth-order valence-corrected chi connectivity index (χ4v) is 2.89. The first-order valence-electron chi connectivity index (χ1n) is 6.65. The predicted molar refractivity (Wildman–Crippen MR) is 88.9 cm³/mol. The van der Waals surface area contributed by atoms with E-state index in [1.165, 1.54) is 16.9 Å². The summed E-state index contributed by atoms with van der Waals surface area (Å²) in [5, 5.41) is 1.84. The van der Waals surface area contributed by atoms with E-state index >= 15 is 0 Å². The van der Waals surface area contributed by atoms with Gasteiger partial charge < -0.3 is 10.6 Å². The summed E-state index contributed by atoms with van der Waals surface area (Å²) in [6.45, 7) is 4.38. The Hall–Kier alpha value is -2.09. The van der Waals surface area contributed by atoms with Gasteiger partial charge in [-0.15, -0.1) is 11.3 Å². The number of hydrogen-bond donors (Lipinski definition) is 1. The van der Waals surface area contributed by atoms with Crippen molar-refractivity contribution in [2.75, 3.05) is 18.5 Å². The van der Waals surface area contributed by atoms with Crippen LogP contribution < -0.4 is 10.6 Å². The first-order chi connectivity index (χ1) is 10.0. The second-order valence-corrected chi connectivity index (χ2v) is 5.77. The molecule has 0 spiro atoms. The van der Waals surface area contributed by atoms with Crippen molar-refractivity contribution in [1.29, 1.82) is 0 Å². The third-order valence-electron chi connectivity index (χ3n) is 3.18. The molecule has 0 aliphatic heterocycles. The third kappa shape index (κ3) is 3.52. The highest BCUT2D eigenvalue weighted by Crippen LogP contribution is 2.23. The summed E-state index contributed by atoms with van der Waals surface area (Å²) in [6, 6.07) is 7.88. The lowest BCUT2D eigenvalue weighted by molar-refractivity contribution is 0.0993. The number of rotatable bonds is 2. The molecule has 1 aromatic carbocycles.